The number of nitrogens with zero attached hydrogens (tertiary/aromatic N) is 3. The van der Waals surface area contributed by atoms with E-state index in [4.69, 9.17) is 4.74 Å². The lowest BCUT2D eigenvalue weighted by Gasteiger charge is -2.54. The van der Waals surface area contributed by atoms with Crippen LogP contribution in [0.5, 0.6) is 5.75 Å². The van der Waals surface area contributed by atoms with Crippen LogP contribution in [0.25, 0.3) is 0 Å². The minimum Gasteiger partial charge on any atom is -0.492 e. The molecule has 3 saturated carbocycles. The number of ether oxygens (including phenoxy) is 1. The molecule has 0 atom stereocenters. The molecule has 38 heavy (non-hydrogen) atoms. The van der Waals surface area contributed by atoms with Gasteiger partial charge in [0.1, 0.15) is 24.0 Å². The molecule has 0 unspecified atom stereocenters. The van der Waals surface area contributed by atoms with Crippen LogP contribution in [0.1, 0.15) is 124 Å². The number of aryl methyl sites for hydroxylation is 2. The van der Waals surface area contributed by atoms with Crippen LogP contribution in [-0.2, 0) is 18.3 Å². The maximum Gasteiger partial charge on any atom is 0.137 e. The quantitative estimate of drug-likeness (QED) is 0.270. The first-order valence-electron chi connectivity index (χ1n) is 14.7. The first-order chi connectivity index (χ1) is 18.5. The largest absolute Gasteiger partial charge is 0.492 e. The SMILES string of the molecule is CCCCCC12CCC(c3ccc(CCc4ccc(OCCCC)c(C#N)c4)c(C#N)c3C#N)(CC1)CC2. The van der Waals surface area contributed by atoms with Crippen molar-refractivity contribution in [2.24, 2.45) is 5.41 Å². The number of hydrogen-bond acceptors (Lipinski definition) is 4. The zero-order valence-corrected chi connectivity index (χ0v) is 23.2. The molecule has 4 nitrogen and oxygen atoms in total. The van der Waals surface area contributed by atoms with Crippen LogP contribution < -0.4 is 4.74 Å². The molecule has 0 N–H and O–H groups in total. The molecular weight excluding hydrogens is 466 g/mol. The summed E-state index contributed by atoms with van der Waals surface area (Å²) in [4.78, 5) is 0. The van der Waals surface area contributed by atoms with Crippen molar-refractivity contribution >= 4 is 0 Å². The Morgan fingerprint density at radius 1 is 0.763 bits per heavy atom. The third-order valence-corrected chi connectivity index (χ3v) is 9.40. The van der Waals surface area contributed by atoms with E-state index >= 15 is 0 Å². The van der Waals surface area contributed by atoms with Crippen molar-refractivity contribution in [1.82, 2.24) is 0 Å². The van der Waals surface area contributed by atoms with Crippen molar-refractivity contribution < 1.29 is 4.74 Å². The maximum atomic E-state index is 10.2. The van der Waals surface area contributed by atoms with Gasteiger partial charge in [0.05, 0.1) is 23.3 Å². The van der Waals surface area contributed by atoms with Crippen LogP contribution in [-0.4, -0.2) is 6.61 Å². The average Bonchev–Trinajstić information content (AvgIpc) is 2.97. The van der Waals surface area contributed by atoms with Crippen molar-refractivity contribution in [3.63, 3.8) is 0 Å². The fourth-order valence-electron chi connectivity index (χ4n) is 6.88. The number of fused-ring (bicyclic) bond motifs is 3. The van der Waals surface area contributed by atoms with Gasteiger partial charge in [0.2, 0.25) is 0 Å². The average molecular weight is 508 g/mol. The van der Waals surface area contributed by atoms with Crippen molar-refractivity contribution in [2.75, 3.05) is 6.61 Å². The molecule has 0 radical (unpaired) electrons. The van der Waals surface area contributed by atoms with Gasteiger partial charge in [-0.2, -0.15) is 15.8 Å². The Hall–Kier alpha value is -3.29. The monoisotopic (exact) mass is 507 g/mol. The van der Waals surface area contributed by atoms with Crippen LogP contribution >= 0.6 is 0 Å². The molecule has 0 aliphatic heterocycles. The third-order valence-electron chi connectivity index (χ3n) is 9.40. The van der Waals surface area contributed by atoms with E-state index in [1.807, 2.05) is 18.2 Å². The van der Waals surface area contributed by atoms with Crippen LogP contribution in [0.4, 0.5) is 0 Å². The van der Waals surface area contributed by atoms with Gasteiger partial charge in [0.25, 0.3) is 0 Å². The lowest BCUT2D eigenvalue weighted by Crippen LogP contribution is -2.44. The third kappa shape index (κ3) is 5.74. The minimum absolute atomic E-state index is 0.0526. The van der Waals surface area contributed by atoms with Gasteiger partial charge < -0.3 is 4.74 Å². The van der Waals surface area contributed by atoms with Gasteiger partial charge in [-0.25, -0.2) is 0 Å². The Labute approximate surface area is 229 Å². The fraction of sp³-hybridized carbons (Fsp3) is 0.559. The molecule has 4 heteroatoms. The summed E-state index contributed by atoms with van der Waals surface area (Å²) in [7, 11) is 0. The van der Waals surface area contributed by atoms with E-state index in [1.165, 1.54) is 44.9 Å². The summed E-state index contributed by atoms with van der Waals surface area (Å²) >= 11 is 0. The summed E-state index contributed by atoms with van der Waals surface area (Å²) in [6.45, 7) is 5.00. The van der Waals surface area contributed by atoms with E-state index in [0.29, 0.717) is 47.3 Å². The summed E-state index contributed by atoms with van der Waals surface area (Å²) in [6.07, 6.45) is 15.8. The molecule has 0 amide bonds. The normalized spacial score (nSPS) is 21.9. The molecule has 2 bridgehead atoms. The Balaban J connectivity index is 1.50. The van der Waals surface area contributed by atoms with Gasteiger partial charge >= 0.3 is 0 Å². The molecule has 3 aliphatic rings. The fourth-order valence-corrected chi connectivity index (χ4v) is 6.88. The molecule has 0 heterocycles. The molecule has 2 aromatic carbocycles. The predicted octanol–water partition coefficient (Wildman–Crippen LogP) is 8.44. The summed E-state index contributed by atoms with van der Waals surface area (Å²) in [5.74, 6) is 0.632. The van der Waals surface area contributed by atoms with Crippen molar-refractivity contribution in [3.8, 4) is 24.0 Å². The van der Waals surface area contributed by atoms with Crippen LogP contribution in [0.3, 0.4) is 0 Å². The smallest absolute Gasteiger partial charge is 0.137 e. The van der Waals surface area contributed by atoms with Crippen LogP contribution in [0.2, 0.25) is 0 Å². The Morgan fingerprint density at radius 2 is 1.47 bits per heavy atom. The number of nitriles is 3. The van der Waals surface area contributed by atoms with E-state index in [9.17, 15) is 15.8 Å². The van der Waals surface area contributed by atoms with Crippen LogP contribution in [0, 0.1) is 39.4 Å². The van der Waals surface area contributed by atoms with E-state index in [0.717, 1.165) is 48.8 Å². The van der Waals surface area contributed by atoms with Crippen molar-refractivity contribution in [3.05, 3.63) is 63.7 Å². The second-order valence-electron chi connectivity index (χ2n) is 11.6. The molecular formula is C34H41N3O. The molecule has 2 aromatic rings. The maximum absolute atomic E-state index is 10.2. The molecule has 3 aliphatic carbocycles. The van der Waals surface area contributed by atoms with Gasteiger partial charge in [-0.05, 0) is 104 Å². The first-order valence-corrected chi connectivity index (χ1v) is 14.7. The highest BCUT2D eigenvalue weighted by molar-refractivity contribution is 5.57. The molecule has 0 saturated heterocycles. The van der Waals surface area contributed by atoms with E-state index in [2.05, 4.69) is 44.2 Å². The molecule has 198 valence electrons. The van der Waals surface area contributed by atoms with Crippen LogP contribution in [0.15, 0.2) is 30.3 Å². The lowest BCUT2D eigenvalue weighted by molar-refractivity contribution is 0.0304. The zero-order valence-electron chi connectivity index (χ0n) is 23.2. The number of unbranched alkanes of at least 4 members (excludes halogenated alkanes) is 3. The van der Waals surface area contributed by atoms with Gasteiger partial charge in [0.15, 0.2) is 0 Å². The first kappa shape index (κ1) is 27.7. The summed E-state index contributed by atoms with van der Waals surface area (Å²) in [6, 6.07) is 17.1. The molecule has 0 aromatic heterocycles. The predicted molar refractivity (Wildman–Crippen MR) is 151 cm³/mol. The van der Waals surface area contributed by atoms with Gasteiger partial charge in [0, 0.05) is 0 Å². The Morgan fingerprint density at radius 3 is 2.11 bits per heavy atom. The Kier molecular flexibility index (Phi) is 9.13. The van der Waals surface area contributed by atoms with Gasteiger partial charge in [-0.1, -0.05) is 57.7 Å². The number of hydrogen-bond donors (Lipinski definition) is 0. The highest BCUT2D eigenvalue weighted by Crippen LogP contribution is 2.60. The molecule has 0 spiro atoms. The number of rotatable bonds is 12. The second-order valence-corrected chi connectivity index (χ2v) is 11.6. The molecule has 5 rings (SSSR count). The summed E-state index contributed by atoms with van der Waals surface area (Å²) < 4.78 is 5.78. The highest BCUT2D eigenvalue weighted by Gasteiger charge is 2.49. The van der Waals surface area contributed by atoms with E-state index in [1.54, 1.807) is 0 Å². The van der Waals surface area contributed by atoms with E-state index in [-0.39, 0.29) is 5.41 Å². The molecule has 3 fully saturated rings. The zero-order chi connectivity index (χ0) is 27.0. The summed E-state index contributed by atoms with van der Waals surface area (Å²) in [5.41, 5.74) is 5.33. The topological polar surface area (TPSA) is 80.6 Å². The lowest BCUT2D eigenvalue weighted by atomic mass is 9.50. The second kappa shape index (κ2) is 12.5. The minimum atomic E-state index is 0.0526. The van der Waals surface area contributed by atoms with Gasteiger partial charge in [-0.3, -0.25) is 0 Å². The number of benzene rings is 2. The standard InChI is InChI=1S/C34H41N3O/c1-3-5-7-14-33-15-18-34(19-16-33,20-17-33)31-12-11-27(29(24-36)30(31)25-37)10-8-26-9-13-32(28(22-26)23-35)38-21-6-4-2/h9,11-13,22H,3-8,10,14-21H2,1-2H3. The Bertz CT molecular complexity index is 1230. The summed E-state index contributed by atoms with van der Waals surface area (Å²) in [5, 5.41) is 30.0. The highest BCUT2D eigenvalue weighted by atomic mass is 16.5. The van der Waals surface area contributed by atoms with Crippen molar-refractivity contribution in [1.29, 1.82) is 15.8 Å². The van der Waals surface area contributed by atoms with Crippen molar-refractivity contribution in [2.45, 2.75) is 109 Å². The van der Waals surface area contributed by atoms with Gasteiger partial charge in [-0.15, -0.1) is 0 Å². The van der Waals surface area contributed by atoms with E-state index < -0.39 is 0 Å².